The highest BCUT2D eigenvalue weighted by atomic mass is 16.1. The molecular weight excluding hydrogens is 406 g/mol. The predicted octanol–water partition coefficient (Wildman–Crippen LogP) is 5.89. The SMILES string of the molecule is Cc1ccc(-c2cccc(CN3CCCC(c4nc5ccc(C)cc5c(=O)[nH]4)C3)c2)c(C)c1. The van der Waals surface area contributed by atoms with Crippen LogP contribution in [0.3, 0.4) is 0 Å². The molecule has 1 N–H and O–H groups in total. The second-order valence-electron chi connectivity index (χ2n) is 9.56. The van der Waals surface area contributed by atoms with Gasteiger partial charge in [-0.05, 0) is 80.6 Å². The highest BCUT2D eigenvalue weighted by Crippen LogP contribution is 2.28. The molecule has 1 fully saturated rings. The third-order valence-electron chi connectivity index (χ3n) is 6.80. The molecule has 168 valence electrons. The smallest absolute Gasteiger partial charge is 0.258 e. The van der Waals surface area contributed by atoms with E-state index in [-0.39, 0.29) is 11.5 Å². The zero-order chi connectivity index (χ0) is 22.9. The van der Waals surface area contributed by atoms with Crippen molar-refractivity contribution in [3.8, 4) is 11.1 Å². The quantitative estimate of drug-likeness (QED) is 0.433. The van der Waals surface area contributed by atoms with Gasteiger partial charge in [0.25, 0.3) is 5.56 Å². The molecule has 5 rings (SSSR count). The van der Waals surface area contributed by atoms with Crippen LogP contribution < -0.4 is 5.56 Å². The molecule has 0 radical (unpaired) electrons. The fraction of sp³-hybridized carbons (Fsp3) is 0.310. The lowest BCUT2D eigenvalue weighted by Crippen LogP contribution is -2.35. The average Bonchev–Trinajstić information content (AvgIpc) is 2.80. The van der Waals surface area contributed by atoms with Gasteiger partial charge in [-0.15, -0.1) is 0 Å². The minimum Gasteiger partial charge on any atom is -0.310 e. The number of aromatic nitrogens is 2. The number of aromatic amines is 1. The minimum atomic E-state index is -0.0306. The summed E-state index contributed by atoms with van der Waals surface area (Å²) >= 11 is 0. The Labute approximate surface area is 195 Å². The van der Waals surface area contributed by atoms with Crippen LogP contribution in [0.5, 0.6) is 0 Å². The van der Waals surface area contributed by atoms with Crippen molar-refractivity contribution in [3.63, 3.8) is 0 Å². The van der Waals surface area contributed by atoms with Gasteiger partial charge in [0.15, 0.2) is 0 Å². The van der Waals surface area contributed by atoms with Gasteiger partial charge in [-0.1, -0.05) is 53.6 Å². The van der Waals surface area contributed by atoms with Crippen LogP contribution in [0, 0.1) is 20.8 Å². The summed E-state index contributed by atoms with van der Waals surface area (Å²) < 4.78 is 0. The Hall–Kier alpha value is -3.24. The van der Waals surface area contributed by atoms with E-state index in [0.717, 1.165) is 49.4 Å². The van der Waals surface area contributed by atoms with Gasteiger partial charge in [-0.25, -0.2) is 4.98 Å². The van der Waals surface area contributed by atoms with Crippen molar-refractivity contribution in [3.05, 3.63) is 99.1 Å². The molecule has 1 aliphatic rings. The number of piperidine rings is 1. The maximum atomic E-state index is 12.7. The number of H-pyrrole nitrogens is 1. The van der Waals surface area contributed by atoms with Crippen molar-refractivity contribution in [1.29, 1.82) is 0 Å². The number of fused-ring (bicyclic) bond motifs is 1. The van der Waals surface area contributed by atoms with E-state index < -0.39 is 0 Å². The Morgan fingerprint density at radius 3 is 2.67 bits per heavy atom. The van der Waals surface area contributed by atoms with Crippen LogP contribution in [0.2, 0.25) is 0 Å². The topological polar surface area (TPSA) is 49.0 Å². The summed E-state index contributed by atoms with van der Waals surface area (Å²) in [5.74, 6) is 1.07. The van der Waals surface area contributed by atoms with Crippen molar-refractivity contribution in [2.75, 3.05) is 13.1 Å². The van der Waals surface area contributed by atoms with Crippen molar-refractivity contribution < 1.29 is 0 Å². The zero-order valence-electron chi connectivity index (χ0n) is 19.7. The molecule has 4 nitrogen and oxygen atoms in total. The predicted molar refractivity (Wildman–Crippen MR) is 136 cm³/mol. The summed E-state index contributed by atoms with van der Waals surface area (Å²) in [4.78, 5) is 23.1. The first-order chi connectivity index (χ1) is 16.0. The van der Waals surface area contributed by atoms with Crippen LogP contribution in [0.1, 0.15) is 46.8 Å². The van der Waals surface area contributed by atoms with Gasteiger partial charge in [0.2, 0.25) is 0 Å². The molecule has 0 amide bonds. The Morgan fingerprint density at radius 1 is 1.00 bits per heavy atom. The van der Waals surface area contributed by atoms with Gasteiger partial charge in [0, 0.05) is 19.0 Å². The molecule has 0 aliphatic carbocycles. The molecule has 3 aromatic carbocycles. The Balaban J connectivity index is 1.35. The van der Waals surface area contributed by atoms with E-state index in [1.54, 1.807) is 0 Å². The Bertz CT molecular complexity index is 1370. The molecule has 1 unspecified atom stereocenters. The van der Waals surface area contributed by atoms with Crippen LogP contribution in [0.15, 0.2) is 65.5 Å². The molecule has 0 saturated carbocycles. The van der Waals surface area contributed by atoms with Crippen LogP contribution in [0.25, 0.3) is 22.0 Å². The van der Waals surface area contributed by atoms with Crippen molar-refractivity contribution in [2.24, 2.45) is 0 Å². The second kappa shape index (κ2) is 8.95. The summed E-state index contributed by atoms with van der Waals surface area (Å²) in [6.45, 7) is 9.21. The molecule has 4 aromatic rings. The lowest BCUT2D eigenvalue weighted by atomic mass is 9.95. The number of rotatable bonds is 4. The molecule has 0 bridgehead atoms. The standard InChI is InChI=1S/C29H31N3O/c1-19-9-11-25(21(3)14-19)23-7-4-6-22(16-23)17-32-13-5-8-24(18-32)28-30-27-12-10-20(2)15-26(27)29(33)31-28/h4,6-7,9-12,14-16,24H,5,8,13,17-18H2,1-3H3,(H,30,31,33). The van der Waals surface area contributed by atoms with E-state index in [1.165, 1.54) is 27.8 Å². The maximum absolute atomic E-state index is 12.7. The molecule has 2 heterocycles. The third kappa shape index (κ3) is 4.62. The van der Waals surface area contributed by atoms with Gasteiger partial charge >= 0.3 is 0 Å². The van der Waals surface area contributed by atoms with Crippen LogP contribution in [-0.4, -0.2) is 28.0 Å². The summed E-state index contributed by atoms with van der Waals surface area (Å²) in [6.07, 6.45) is 2.16. The fourth-order valence-electron chi connectivity index (χ4n) is 5.12. The largest absolute Gasteiger partial charge is 0.310 e. The number of benzene rings is 3. The number of aryl methyl sites for hydroxylation is 3. The van der Waals surface area contributed by atoms with Gasteiger partial charge in [0.05, 0.1) is 10.9 Å². The van der Waals surface area contributed by atoms with E-state index in [4.69, 9.17) is 4.98 Å². The molecule has 1 saturated heterocycles. The van der Waals surface area contributed by atoms with E-state index in [9.17, 15) is 4.79 Å². The minimum absolute atomic E-state index is 0.0306. The highest BCUT2D eigenvalue weighted by Gasteiger charge is 2.24. The first-order valence-electron chi connectivity index (χ1n) is 11.9. The second-order valence-corrected chi connectivity index (χ2v) is 9.56. The average molecular weight is 438 g/mol. The van der Waals surface area contributed by atoms with Crippen LogP contribution in [0.4, 0.5) is 0 Å². The Morgan fingerprint density at radius 2 is 1.82 bits per heavy atom. The maximum Gasteiger partial charge on any atom is 0.258 e. The monoisotopic (exact) mass is 437 g/mol. The van der Waals surface area contributed by atoms with Crippen LogP contribution >= 0.6 is 0 Å². The Kier molecular flexibility index (Phi) is 5.86. The van der Waals surface area contributed by atoms with Gasteiger partial charge in [-0.2, -0.15) is 0 Å². The highest BCUT2D eigenvalue weighted by molar-refractivity contribution is 5.78. The summed E-state index contributed by atoms with van der Waals surface area (Å²) in [7, 11) is 0. The normalized spacial score (nSPS) is 16.9. The first kappa shape index (κ1) is 21.6. The first-order valence-corrected chi connectivity index (χ1v) is 11.9. The summed E-state index contributed by atoms with van der Waals surface area (Å²) in [5.41, 5.74) is 8.34. The number of nitrogens with zero attached hydrogens (tertiary/aromatic N) is 2. The summed E-state index contributed by atoms with van der Waals surface area (Å²) in [5, 5.41) is 0.676. The van der Waals surface area contributed by atoms with E-state index in [1.807, 2.05) is 25.1 Å². The van der Waals surface area contributed by atoms with E-state index >= 15 is 0 Å². The number of likely N-dealkylation sites (tertiary alicyclic amines) is 1. The molecule has 1 aromatic heterocycles. The summed E-state index contributed by atoms with van der Waals surface area (Å²) in [6, 6.07) is 21.5. The van der Waals surface area contributed by atoms with E-state index in [2.05, 4.69) is 66.2 Å². The zero-order valence-corrected chi connectivity index (χ0v) is 19.7. The molecule has 4 heteroatoms. The molecule has 1 aliphatic heterocycles. The fourth-order valence-corrected chi connectivity index (χ4v) is 5.12. The van der Waals surface area contributed by atoms with Crippen molar-refractivity contribution in [2.45, 2.75) is 46.1 Å². The lowest BCUT2D eigenvalue weighted by Gasteiger charge is -2.32. The number of hydrogen-bond donors (Lipinski definition) is 1. The molecular formula is C29H31N3O. The number of nitrogens with one attached hydrogen (secondary N) is 1. The van der Waals surface area contributed by atoms with E-state index in [0.29, 0.717) is 5.39 Å². The third-order valence-corrected chi connectivity index (χ3v) is 6.80. The lowest BCUT2D eigenvalue weighted by molar-refractivity contribution is 0.196. The molecule has 1 atom stereocenters. The molecule has 33 heavy (non-hydrogen) atoms. The van der Waals surface area contributed by atoms with Crippen LogP contribution in [-0.2, 0) is 6.54 Å². The van der Waals surface area contributed by atoms with Crippen molar-refractivity contribution in [1.82, 2.24) is 14.9 Å². The van der Waals surface area contributed by atoms with Gasteiger partial charge in [-0.3, -0.25) is 9.69 Å². The number of hydrogen-bond acceptors (Lipinski definition) is 3. The van der Waals surface area contributed by atoms with Gasteiger partial charge < -0.3 is 4.98 Å². The van der Waals surface area contributed by atoms with Crippen molar-refractivity contribution >= 4 is 10.9 Å². The molecule has 0 spiro atoms. The van der Waals surface area contributed by atoms with Gasteiger partial charge in [0.1, 0.15) is 5.82 Å².